The summed E-state index contributed by atoms with van der Waals surface area (Å²) in [5, 5.41) is 0. The van der Waals surface area contributed by atoms with Gasteiger partial charge in [-0.05, 0) is 79.4 Å². The van der Waals surface area contributed by atoms with E-state index in [1.165, 1.54) is 121 Å². The fourth-order valence-electron chi connectivity index (χ4n) is 6.14. The van der Waals surface area contributed by atoms with Crippen LogP contribution in [0.3, 0.4) is 0 Å². The summed E-state index contributed by atoms with van der Waals surface area (Å²) in [7, 11) is 0. The molecule has 1 saturated carbocycles. The van der Waals surface area contributed by atoms with E-state index in [0.29, 0.717) is 0 Å². The van der Waals surface area contributed by atoms with Gasteiger partial charge in [-0.15, -0.1) is 0 Å². The van der Waals surface area contributed by atoms with Gasteiger partial charge < -0.3 is 0 Å². The Hall–Kier alpha value is -1.04. The molecule has 1 fully saturated rings. The van der Waals surface area contributed by atoms with Crippen LogP contribution < -0.4 is 0 Å². The van der Waals surface area contributed by atoms with Crippen molar-refractivity contribution in [1.82, 2.24) is 0 Å². The normalized spacial score (nSPS) is 24.2. The van der Waals surface area contributed by atoms with E-state index in [2.05, 4.69) is 44.2 Å². The first-order valence-electron chi connectivity index (χ1n) is 14.1. The molecule has 0 aliphatic heterocycles. The molecule has 1 atom stereocenters. The molecule has 2 aliphatic carbocycles. The van der Waals surface area contributed by atoms with Crippen molar-refractivity contribution in [2.24, 2.45) is 11.8 Å². The molecule has 1 aromatic rings. The topological polar surface area (TPSA) is 0 Å². The highest BCUT2D eigenvalue weighted by atomic mass is 14.3. The molecular weight excluding hydrogens is 372 g/mol. The maximum Gasteiger partial charge on any atom is -0.0162 e. The monoisotopic (exact) mass is 422 g/mol. The Bertz CT molecular complexity index is 614. The molecule has 0 saturated heterocycles. The standard InChI is InChI=1S/C31H50/c1-3-5-6-7-8-9-10-11-13-27-16-20-29(21-17-27)31-24-22-30(23-25-31)28-18-14-26(12-4-2)15-19-28/h20,22-28H,3-19,21H2,1-2H3/t26-,27?,28-. The Morgan fingerprint density at radius 1 is 0.645 bits per heavy atom. The van der Waals surface area contributed by atoms with E-state index < -0.39 is 0 Å². The van der Waals surface area contributed by atoms with Crippen LogP contribution in [0.4, 0.5) is 0 Å². The number of rotatable bonds is 13. The average molecular weight is 423 g/mol. The maximum atomic E-state index is 2.57. The van der Waals surface area contributed by atoms with Crippen LogP contribution in [-0.4, -0.2) is 0 Å². The summed E-state index contributed by atoms with van der Waals surface area (Å²) in [6, 6.07) is 9.76. The van der Waals surface area contributed by atoms with Crippen LogP contribution in [0.5, 0.6) is 0 Å². The van der Waals surface area contributed by atoms with Crippen LogP contribution in [0.1, 0.15) is 146 Å². The van der Waals surface area contributed by atoms with Gasteiger partial charge in [0.25, 0.3) is 0 Å². The third-order valence-electron chi connectivity index (χ3n) is 8.28. The van der Waals surface area contributed by atoms with Gasteiger partial charge in [0, 0.05) is 0 Å². The largest absolute Gasteiger partial charge is 0.0804 e. The van der Waals surface area contributed by atoms with Crippen molar-refractivity contribution in [3.05, 3.63) is 41.5 Å². The molecule has 1 unspecified atom stereocenters. The van der Waals surface area contributed by atoms with Gasteiger partial charge in [-0.3, -0.25) is 0 Å². The predicted molar refractivity (Wildman–Crippen MR) is 139 cm³/mol. The molecule has 0 bridgehead atoms. The zero-order chi connectivity index (χ0) is 21.7. The Morgan fingerprint density at radius 3 is 1.94 bits per heavy atom. The first-order chi connectivity index (χ1) is 15.3. The van der Waals surface area contributed by atoms with E-state index >= 15 is 0 Å². The van der Waals surface area contributed by atoms with E-state index in [0.717, 1.165) is 17.8 Å². The fourth-order valence-corrected chi connectivity index (χ4v) is 6.14. The molecule has 1 aromatic carbocycles. The van der Waals surface area contributed by atoms with E-state index in [1.807, 2.05) is 0 Å². The minimum absolute atomic E-state index is 0.818. The molecule has 0 radical (unpaired) electrons. The smallest absolute Gasteiger partial charge is 0.0162 e. The van der Waals surface area contributed by atoms with Gasteiger partial charge >= 0.3 is 0 Å². The van der Waals surface area contributed by atoms with Gasteiger partial charge in [0.15, 0.2) is 0 Å². The Kier molecular flexibility index (Phi) is 11.3. The minimum atomic E-state index is 0.818. The summed E-state index contributed by atoms with van der Waals surface area (Å²) in [6.07, 6.45) is 28.1. The van der Waals surface area contributed by atoms with Crippen LogP contribution in [0.25, 0.3) is 5.57 Å². The van der Waals surface area contributed by atoms with E-state index in [1.54, 1.807) is 11.1 Å². The van der Waals surface area contributed by atoms with E-state index in [4.69, 9.17) is 0 Å². The SMILES string of the molecule is CCCCCCCCCCC1CC=C(c2ccc([C@H]3CC[C@H](CCC)CC3)cc2)CC1. The Balaban J connectivity index is 1.34. The van der Waals surface area contributed by atoms with Crippen molar-refractivity contribution in [1.29, 1.82) is 0 Å². The number of unbranched alkanes of at least 4 members (excludes halogenated alkanes) is 7. The van der Waals surface area contributed by atoms with Gasteiger partial charge in [0.1, 0.15) is 0 Å². The lowest BCUT2D eigenvalue weighted by atomic mass is 9.77. The van der Waals surface area contributed by atoms with Crippen molar-refractivity contribution in [2.45, 2.75) is 135 Å². The van der Waals surface area contributed by atoms with Gasteiger partial charge in [0.2, 0.25) is 0 Å². The molecule has 0 N–H and O–H groups in total. The van der Waals surface area contributed by atoms with Crippen molar-refractivity contribution in [3.8, 4) is 0 Å². The van der Waals surface area contributed by atoms with Crippen molar-refractivity contribution < 1.29 is 0 Å². The molecule has 0 nitrogen and oxygen atoms in total. The molecule has 31 heavy (non-hydrogen) atoms. The highest BCUT2D eigenvalue weighted by molar-refractivity contribution is 5.66. The lowest BCUT2D eigenvalue weighted by molar-refractivity contribution is 0.308. The van der Waals surface area contributed by atoms with Crippen LogP contribution in [0.2, 0.25) is 0 Å². The summed E-state index contributed by atoms with van der Waals surface area (Å²) >= 11 is 0. The second-order valence-corrected chi connectivity index (χ2v) is 10.8. The quantitative estimate of drug-likeness (QED) is 0.277. The zero-order valence-electron chi connectivity index (χ0n) is 20.8. The summed E-state index contributed by atoms with van der Waals surface area (Å²) in [6.45, 7) is 4.64. The number of hydrogen-bond donors (Lipinski definition) is 0. The minimum Gasteiger partial charge on any atom is -0.0804 e. The summed E-state index contributed by atoms with van der Waals surface area (Å²) in [4.78, 5) is 0. The van der Waals surface area contributed by atoms with E-state index in [-0.39, 0.29) is 0 Å². The third kappa shape index (κ3) is 8.43. The Morgan fingerprint density at radius 2 is 1.32 bits per heavy atom. The van der Waals surface area contributed by atoms with Crippen molar-refractivity contribution >= 4 is 5.57 Å². The Labute approximate surface area is 194 Å². The van der Waals surface area contributed by atoms with Gasteiger partial charge in [0.05, 0.1) is 0 Å². The van der Waals surface area contributed by atoms with Crippen LogP contribution in [0, 0.1) is 11.8 Å². The molecule has 0 aromatic heterocycles. The summed E-state index contributed by atoms with van der Waals surface area (Å²) < 4.78 is 0. The van der Waals surface area contributed by atoms with Crippen molar-refractivity contribution in [2.75, 3.05) is 0 Å². The van der Waals surface area contributed by atoms with Gasteiger partial charge in [-0.2, -0.15) is 0 Å². The average Bonchev–Trinajstić information content (AvgIpc) is 2.82. The fraction of sp³-hybridized carbons (Fsp3) is 0.742. The highest BCUT2D eigenvalue weighted by Gasteiger charge is 2.22. The third-order valence-corrected chi connectivity index (χ3v) is 8.28. The molecule has 174 valence electrons. The number of allylic oxidation sites excluding steroid dienone is 2. The molecule has 0 spiro atoms. The molecule has 0 heteroatoms. The van der Waals surface area contributed by atoms with Gasteiger partial charge in [-0.1, -0.05) is 115 Å². The van der Waals surface area contributed by atoms with Gasteiger partial charge in [-0.25, -0.2) is 0 Å². The summed E-state index contributed by atoms with van der Waals surface area (Å²) in [5.41, 5.74) is 4.71. The lowest BCUT2D eigenvalue weighted by Gasteiger charge is -2.29. The van der Waals surface area contributed by atoms with Crippen LogP contribution >= 0.6 is 0 Å². The molecule has 0 amide bonds. The highest BCUT2D eigenvalue weighted by Crippen LogP contribution is 2.38. The lowest BCUT2D eigenvalue weighted by Crippen LogP contribution is -2.13. The molecular formula is C31H50. The first kappa shape index (κ1) is 24.6. The molecule has 0 heterocycles. The zero-order valence-corrected chi connectivity index (χ0v) is 20.8. The van der Waals surface area contributed by atoms with E-state index in [9.17, 15) is 0 Å². The summed E-state index contributed by atoms with van der Waals surface area (Å²) in [5.74, 6) is 2.77. The van der Waals surface area contributed by atoms with Crippen molar-refractivity contribution in [3.63, 3.8) is 0 Å². The molecule has 3 rings (SSSR count). The second-order valence-electron chi connectivity index (χ2n) is 10.8. The number of hydrogen-bond acceptors (Lipinski definition) is 0. The first-order valence-corrected chi connectivity index (χ1v) is 14.1. The van der Waals surface area contributed by atoms with Crippen LogP contribution in [0.15, 0.2) is 30.3 Å². The maximum absolute atomic E-state index is 2.57. The predicted octanol–water partition coefficient (Wildman–Crippen LogP) is 10.5. The van der Waals surface area contributed by atoms with Crippen LogP contribution in [-0.2, 0) is 0 Å². The molecule has 2 aliphatic rings. The number of benzene rings is 1. The second kappa shape index (κ2) is 14.2.